The molecule has 4 nitrogen and oxygen atoms in total. The maximum absolute atomic E-state index is 12.2. The lowest BCUT2D eigenvalue weighted by Crippen LogP contribution is -2.36. The third-order valence-corrected chi connectivity index (χ3v) is 3.57. The monoisotopic (exact) mass is 244 g/mol. The molecule has 1 N–H and O–H groups in total. The van der Waals surface area contributed by atoms with Gasteiger partial charge >= 0.3 is 0 Å². The summed E-state index contributed by atoms with van der Waals surface area (Å²) in [5, 5.41) is 3.19. The minimum atomic E-state index is -0.390. The number of para-hydroxylation sites is 1. The summed E-state index contributed by atoms with van der Waals surface area (Å²) in [5.41, 5.74) is 2.02. The highest BCUT2D eigenvalue weighted by atomic mass is 16.2. The van der Waals surface area contributed by atoms with E-state index in [4.69, 9.17) is 0 Å². The lowest BCUT2D eigenvalue weighted by molar-refractivity contribution is -0.139. The number of carbonyl (C=O) groups excluding carboxylic acids is 2. The van der Waals surface area contributed by atoms with E-state index in [0.29, 0.717) is 0 Å². The standard InChI is InChI=1S/C14H16N2O2/c1-9-4-2-3-5-11(9)15-12-8-13(17)16(14(12)18)10-6-7-10/h2-5,10,12,15H,6-8H2,1H3. The molecule has 1 atom stereocenters. The smallest absolute Gasteiger partial charge is 0.252 e. The second-order valence-corrected chi connectivity index (χ2v) is 5.05. The molecule has 1 saturated heterocycles. The van der Waals surface area contributed by atoms with Crippen molar-refractivity contribution >= 4 is 17.5 Å². The number of amides is 2. The van der Waals surface area contributed by atoms with Crippen LogP contribution >= 0.6 is 0 Å². The summed E-state index contributed by atoms with van der Waals surface area (Å²) in [4.78, 5) is 25.4. The minimum Gasteiger partial charge on any atom is -0.373 e. The van der Waals surface area contributed by atoms with Gasteiger partial charge in [0, 0.05) is 11.7 Å². The van der Waals surface area contributed by atoms with Crippen molar-refractivity contribution in [3.05, 3.63) is 29.8 Å². The van der Waals surface area contributed by atoms with Crippen molar-refractivity contribution in [1.82, 2.24) is 4.90 Å². The molecule has 0 radical (unpaired) electrons. The topological polar surface area (TPSA) is 49.4 Å². The van der Waals surface area contributed by atoms with Gasteiger partial charge in [-0.05, 0) is 31.4 Å². The quantitative estimate of drug-likeness (QED) is 0.823. The van der Waals surface area contributed by atoms with Crippen LogP contribution in [-0.2, 0) is 9.59 Å². The maximum atomic E-state index is 12.2. The molecule has 2 amide bonds. The van der Waals surface area contributed by atoms with Crippen LogP contribution in [0, 0.1) is 6.92 Å². The van der Waals surface area contributed by atoms with Gasteiger partial charge in [-0.15, -0.1) is 0 Å². The molecule has 4 heteroatoms. The Morgan fingerprint density at radius 3 is 2.61 bits per heavy atom. The third kappa shape index (κ3) is 1.88. The number of likely N-dealkylation sites (tertiary alicyclic amines) is 1. The van der Waals surface area contributed by atoms with E-state index in [0.717, 1.165) is 24.1 Å². The zero-order chi connectivity index (χ0) is 12.7. The summed E-state index contributed by atoms with van der Waals surface area (Å²) >= 11 is 0. The number of nitrogens with zero attached hydrogens (tertiary/aromatic N) is 1. The van der Waals surface area contributed by atoms with Crippen molar-refractivity contribution in [3.63, 3.8) is 0 Å². The van der Waals surface area contributed by atoms with E-state index in [-0.39, 0.29) is 30.3 Å². The number of rotatable bonds is 3. The van der Waals surface area contributed by atoms with Gasteiger partial charge in [0.15, 0.2) is 0 Å². The number of anilines is 1. The molecule has 3 rings (SSSR count). The Labute approximate surface area is 106 Å². The van der Waals surface area contributed by atoms with Crippen molar-refractivity contribution in [2.75, 3.05) is 5.32 Å². The molecule has 94 valence electrons. The SMILES string of the molecule is Cc1ccccc1NC1CC(=O)N(C2CC2)C1=O. The molecule has 0 spiro atoms. The van der Waals surface area contributed by atoms with Gasteiger partial charge in [-0.25, -0.2) is 0 Å². The molecular weight excluding hydrogens is 228 g/mol. The molecule has 1 unspecified atom stereocenters. The lowest BCUT2D eigenvalue weighted by Gasteiger charge is -2.16. The molecule has 1 aliphatic carbocycles. The Kier molecular flexibility index (Phi) is 2.58. The number of hydrogen-bond donors (Lipinski definition) is 1. The Bertz CT molecular complexity index is 508. The van der Waals surface area contributed by atoms with Crippen molar-refractivity contribution in [2.45, 2.75) is 38.3 Å². The summed E-state index contributed by atoms with van der Waals surface area (Å²) in [6.45, 7) is 1.99. The number of nitrogens with one attached hydrogen (secondary N) is 1. The van der Waals surface area contributed by atoms with Gasteiger partial charge in [0.05, 0.1) is 6.42 Å². The molecule has 1 aromatic rings. The van der Waals surface area contributed by atoms with Crippen LogP contribution in [0.1, 0.15) is 24.8 Å². The molecule has 18 heavy (non-hydrogen) atoms. The number of imide groups is 1. The van der Waals surface area contributed by atoms with Crippen LogP contribution in [0.2, 0.25) is 0 Å². The minimum absolute atomic E-state index is 0.0337. The first-order chi connectivity index (χ1) is 8.66. The van der Waals surface area contributed by atoms with Crippen molar-refractivity contribution in [1.29, 1.82) is 0 Å². The van der Waals surface area contributed by atoms with E-state index in [1.165, 1.54) is 4.90 Å². The van der Waals surface area contributed by atoms with E-state index in [1.807, 2.05) is 31.2 Å². The zero-order valence-electron chi connectivity index (χ0n) is 10.3. The Morgan fingerprint density at radius 1 is 1.22 bits per heavy atom. The number of carbonyl (C=O) groups is 2. The highest BCUT2D eigenvalue weighted by molar-refractivity contribution is 6.07. The van der Waals surface area contributed by atoms with Crippen LogP contribution < -0.4 is 5.32 Å². The van der Waals surface area contributed by atoms with Crippen LogP contribution in [-0.4, -0.2) is 28.8 Å². The van der Waals surface area contributed by atoms with Gasteiger partial charge in [0.2, 0.25) is 5.91 Å². The van der Waals surface area contributed by atoms with Gasteiger partial charge < -0.3 is 5.32 Å². The summed E-state index contributed by atoms with van der Waals surface area (Å²) in [6.07, 6.45) is 2.22. The number of hydrogen-bond acceptors (Lipinski definition) is 3. The summed E-state index contributed by atoms with van der Waals surface area (Å²) in [7, 11) is 0. The first kappa shape index (κ1) is 11.3. The van der Waals surface area contributed by atoms with Gasteiger partial charge in [-0.1, -0.05) is 18.2 Å². The fourth-order valence-corrected chi connectivity index (χ4v) is 2.40. The predicted molar refractivity (Wildman–Crippen MR) is 68.1 cm³/mol. The average molecular weight is 244 g/mol. The molecule has 1 aromatic carbocycles. The van der Waals surface area contributed by atoms with Crippen LogP contribution in [0.5, 0.6) is 0 Å². The normalized spacial score (nSPS) is 23.6. The van der Waals surface area contributed by atoms with Gasteiger partial charge in [0.25, 0.3) is 5.91 Å². The molecule has 0 aromatic heterocycles. The van der Waals surface area contributed by atoms with E-state index in [2.05, 4.69) is 5.32 Å². The third-order valence-electron chi connectivity index (χ3n) is 3.57. The van der Waals surface area contributed by atoms with E-state index in [1.54, 1.807) is 0 Å². The fraction of sp³-hybridized carbons (Fsp3) is 0.429. The zero-order valence-corrected chi connectivity index (χ0v) is 10.3. The molecule has 2 fully saturated rings. The van der Waals surface area contributed by atoms with Gasteiger partial charge in [0.1, 0.15) is 6.04 Å². The maximum Gasteiger partial charge on any atom is 0.252 e. The molecule has 2 aliphatic rings. The molecule has 1 aliphatic heterocycles. The molecule has 1 heterocycles. The van der Waals surface area contributed by atoms with Crippen LogP contribution in [0.3, 0.4) is 0 Å². The molecule has 0 bridgehead atoms. The van der Waals surface area contributed by atoms with Crippen LogP contribution in [0.25, 0.3) is 0 Å². The number of benzene rings is 1. The van der Waals surface area contributed by atoms with E-state index in [9.17, 15) is 9.59 Å². The van der Waals surface area contributed by atoms with Gasteiger partial charge in [-0.2, -0.15) is 0 Å². The Hall–Kier alpha value is -1.84. The van der Waals surface area contributed by atoms with Gasteiger partial charge in [-0.3, -0.25) is 14.5 Å². The Balaban J connectivity index is 1.76. The Morgan fingerprint density at radius 2 is 1.94 bits per heavy atom. The first-order valence-electron chi connectivity index (χ1n) is 6.35. The van der Waals surface area contributed by atoms with Crippen molar-refractivity contribution < 1.29 is 9.59 Å². The van der Waals surface area contributed by atoms with Crippen LogP contribution in [0.4, 0.5) is 5.69 Å². The van der Waals surface area contributed by atoms with Crippen LogP contribution in [0.15, 0.2) is 24.3 Å². The molecular formula is C14H16N2O2. The highest BCUT2D eigenvalue weighted by Gasteiger charge is 2.46. The van der Waals surface area contributed by atoms with E-state index < -0.39 is 0 Å². The summed E-state index contributed by atoms with van der Waals surface area (Å²) < 4.78 is 0. The average Bonchev–Trinajstić information content (AvgIpc) is 3.11. The largest absolute Gasteiger partial charge is 0.373 e. The fourth-order valence-electron chi connectivity index (χ4n) is 2.40. The highest BCUT2D eigenvalue weighted by Crippen LogP contribution is 2.32. The van der Waals surface area contributed by atoms with E-state index >= 15 is 0 Å². The first-order valence-corrected chi connectivity index (χ1v) is 6.35. The predicted octanol–water partition coefficient (Wildman–Crippen LogP) is 1.70. The van der Waals surface area contributed by atoms with Crippen molar-refractivity contribution in [3.8, 4) is 0 Å². The summed E-state index contributed by atoms with van der Waals surface area (Å²) in [5.74, 6) is -0.0978. The molecule has 1 saturated carbocycles. The summed E-state index contributed by atoms with van der Waals surface area (Å²) in [6, 6.07) is 7.59. The second-order valence-electron chi connectivity index (χ2n) is 5.05. The lowest BCUT2D eigenvalue weighted by atomic mass is 10.1. The number of aryl methyl sites for hydroxylation is 1. The van der Waals surface area contributed by atoms with Crippen molar-refractivity contribution in [2.24, 2.45) is 0 Å². The second kappa shape index (κ2) is 4.12.